The molecule has 1 N–H and O–H groups in total. The average molecular weight is 669 g/mol. The van der Waals surface area contributed by atoms with Crippen LogP contribution in [0.2, 0.25) is 10.0 Å². The summed E-state index contributed by atoms with van der Waals surface area (Å²) >= 11 is 15.7. The first kappa shape index (κ1) is 31.9. The predicted molar refractivity (Wildman–Crippen MR) is 164 cm³/mol. The van der Waals surface area contributed by atoms with Crippen molar-refractivity contribution in [2.75, 3.05) is 17.4 Å². The molecule has 0 aliphatic carbocycles. The maximum Gasteiger partial charge on any atom is 0.264 e. The van der Waals surface area contributed by atoms with Gasteiger partial charge in [-0.15, -0.1) is 0 Å². The Labute approximate surface area is 254 Å². The van der Waals surface area contributed by atoms with Crippen LogP contribution >= 0.6 is 39.1 Å². The lowest BCUT2D eigenvalue weighted by atomic mass is 10.1. The molecule has 0 bridgehead atoms. The number of amides is 2. The number of benzene rings is 3. The Morgan fingerprint density at radius 3 is 2.33 bits per heavy atom. The van der Waals surface area contributed by atoms with Gasteiger partial charge in [-0.2, -0.15) is 0 Å². The third-order valence-corrected chi connectivity index (χ3v) is 9.34. The molecule has 0 heterocycles. The van der Waals surface area contributed by atoms with E-state index in [1.165, 1.54) is 17.0 Å². The van der Waals surface area contributed by atoms with Crippen LogP contribution in [0.3, 0.4) is 0 Å². The Morgan fingerprint density at radius 2 is 1.70 bits per heavy atom. The Kier molecular flexibility index (Phi) is 11.5. The lowest BCUT2D eigenvalue weighted by molar-refractivity contribution is -0.139. The number of carbonyl (C=O) groups is 2. The number of carbonyl (C=O) groups excluding carboxylic acids is 2. The molecular weight excluding hydrogens is 637 g/mol. The quantitative estimate of drug-likeness (QED) is 0.221. The van der Waals surface area contributed by atoms with Crippen molar-refractivity contribution in [2.45, 2.75) is 51.1 Å². The molecule has 0 aliphatic heterocycles. The van der Waals surface area contributed by atoms with Gasteiger partial charge in [0.2, 0.25) is 11.8 Å². The summed E-state index contributed by atoms with van der Waals surface area (Å²) in [5, 5.41) is 3.53. The number of nitrogens with zero attached hydrogens (tertiary/aromatic N) is 2. The molecule has 0 saturated heterocycles. The molecule has 0 aromatic heterocycles. The SMILES string of the molecule is CCCCNC(=O)[C@@H](C)N(Cc1ccc(Cl)c(Cl)c1)C(=O)CN(c1cccc(Br)c1)S(=O)(=O)c1ccc(C)cc1. The van der Waals surface area contributed by atoms with Crippen molar-refractivity contribution in [1.29, 1.82) is 0 Å². The summed E-state index contributed by atoms with van der Waals surface area (Å²) in [5.41, 5.74) is 1.85. The van der Waals surface area contributed by atoms with E-state index in [-0.39, 0.29) is 17.3 Å². The molecule has 0 saturated carbocycles. The van der Waals surface area contributed by atoms with E-state index in [0.29, 0.717) is 32.3 Å². The average Bonchev–Trinajstić information content (AvgIpc) is 2.92. The number of halogens is 3. The fourth-order valence-corrected chi connectivity index (χ4v) is 6.06. The molecular formula is C29H32BrCl2N3O4S. The van der Waals surface area contributed by atoms with Gasteiger partial charge in [-0.05, 0) is 68.3 Å². The van der Waals surface area contributed by atoms with E-state index in [9.17, 15) is 18.0 Å². The van der Waals surface area contributed by atoms with Gasteiger partial charge in [0.25, 0.3) is 10.0 Å². The normalized spacial score (nSPS) is 12.1. The van der Waals surface area contributed by atoms with Gasteiger partial charge in [0.05, 0.1) is 20.6 Å². The van der Waals surface area contributed by atoms with Gasteiger partial charge in [-0.1, -0.05) is 82.3 Å². The van der Waals surface area contributed by atoms with E-state index in [0.717, 1.165) is 22.7 Å². The zero-order chi connectivity index (χ0) is 29.4. The van der Waals surface area contributed by atoms with Gasteiger partial charge >= 0.3 is 0 Å². The molecule has 3 aromatic rings. The summed E-state index contributed by atoms with van der Waals surface area (Å²) in [6.07, 6.45) is 1.70. The smallest absolute Gasteiger partial charge is 0.264 e. The van der Waals surface area contributed by atoms with E-state index < -0.39 is 28.5 Å². The maximum atomic E-state index is 13.9. The molecule has 214 valence electrons. The number of unbranched alkanes of at least 4 members (excludes halogenated alkanes) is 1. The summed E-state index contributed by atoms with van der Waals surface area (Å²) in [6, 6.07) is 17.2. The highest BCUT2D eigenvalue weighted by Crippen LogP contribution is 2.28. The van der Waals surface area contributed by atoms with Crippen molar-refractivity contribution in [3.8, 4) is 0 Å². The molecule has 2 amide bonds. The number of hydrogen-bond donors (Lipinski definition) is 1. The second-order valence-corrected chi connectivity index (χ2v) is 13.0. The largest absolute Gasteiger partial charge is 0.354 e. The maximum absolute atomic E-state index is 13.9. The molecule has 7 nitrogen and oxygen atoms in total. The minimum atomic E-state index is -4.14. The first-order valence-corrected chi connectivity index (χ1v) is 15.8. The van der Waals surface area contributed by atoms with Gasteiger partial charge in [0.1, 0.15) is 12.6 Å². The van der Waals surface area contributed by atoms with E-state index in [1.807, 2.05) is 13.8 Å². The van der Waals surface area contributed by atoms with Crippen LogP contribution in [0.15, 0.2) is 76.1 Å². The van der Waals surface area contributed by atoms with Crippen LogP contribution < -0.4 is 9.62 Å². The highest BCUT2D eigenvalue weighted by molar-refractivity contribution is 9.10. The number of sulfonamides is 1. The fourth-order valence-electron chi connectivity index (χ4n) is 3.95. The summed E-state index contributed by atoms with van der Waals surface area (Å²) in [4.78, 5) is 28.4. The monoisotopic (exact) mass is 667 g/mol. The molecule has 3 aromatic carbocycles. The van der Waals surface area contributed by atoms with E-state index in [4.69, 9.17) is 23.2 Å². The molecule has 0 radical (unpaired) electrons. The van der Waals surface area contributed by atoms with Crippen LogP contribution in [0, 0.1) is 6.92 Å². The molecule has 0 aliphatic rings. The molecule has 0 fully saturated rings. The second-order valence-electron chi connectivity index (χ2n) is 9.40. The first-order chi connectivity index (χ1) is 18.9. The van der Waals surface area contributed by atoms with Crippen LogP contribution in [0.5, 0.6) is 0 Å². The van der Waals surface area contributed by atoms with Crippen LogP contribution in [-0.4, -0.2) is 44.3 Å². The van der Waals surface area contributed by atoms with E-state index >= 15 is 0 Å². The summed E-state index contributed by atoms with van der Waals surface area (Å²) < 4.78 is 29.4. The predicted octanol–water partition coefficient (Wildman–Crippen LogP) is 6.59. The summed E-state index contributed by atoms with van der Waals surface area (Å²) in [5.74, 6) is -0.892. The minimum Gasteiger partial charge on any atom is -0.354 e. The van der Waals surface area contributed by atoms with Crippen LogP contribution in [0.25, 0.3) is 0 Å². The van der Waals surface area contributed by atoms with Crippen molar-refractivity contribution in [3.05, 3.63) is 92.4 Å². The molecule has 1 atom stereocenters. The van der Waals surface area contributed by atoms with Crippen molar-refractivity contribution < 1.29 is 18.0 Å². The third-order valence-electron chi connectivity index (χ3n) is 6.32. The lowest BCUT2D eigenvalue weighted by Crippen LogP contribution is -2.51. The van der Waals surface area contributed by atoms with Crippen LogP contribution in [-0.2, 0) is 26.2 Å². The molecule has 3 rings (SSSR count). The minimum absolute atomic E-state index is 0.0228. The lowest BCUT2D eigenvalue weighted by Gasteiger charge is -2.32. The molecule has 40 heavy (non-hydrogen) atoms. The Balaban J connectivity index is 2.01. The van der Waals surface area contributed by atoms with E-state index in [2.05, 4.69) is 21.2 Å². The zero-order valence-corrected chi connectivity index (χ0v) is 26.4. The highest BCUT2D eigenvalue weighted by atomic mass is 79.9. The van der Waals surface area contributed by atoms with Crippen molar-refractivity contribution in [3.63, 3.8) is 0 Å². The topological polar surface area (TPSA) is 86.8 Å². The van der Waals surface area contributed by atoms with Gasteiger partial charge in [0.15, 0.2) is 0 Å². The summed E-state index contributed by atoms with van der Waals surface area (Å²) in [7, 11) is -4.14. The number of hydrogen-bond acceptors (Lipinski definition) is 4. The van der Waals surface area contributed by atoms with Gasteiger partial charge in [-0.25, -0.2) is 8.42 Å². The second kappa shape index (κ2) is 14.3. The van der Waals surface area contributed by atoms with Crippen LogP contribution in [0.1, 0.15) is 37.8 Å². The van der Waals surface area contributed by atoms with Crippen molar-refractivity contribution >= 4 is 66.7 Å². The summed E-state index contributed by atoms with van der Waals surface area (Å²) in [6.45, 7) is 5.46. The number of anilines is 1. The first-order valence-electron chi connectivity index (χ1n) is 12.8. The number of aryl methyl sites for hydroxylation is 1. The van der Waals surface area contributed by atoms with Crippen LogP contribution in [0.4, 0.5) is 5.69 Å². The highest BCUT2D eigenvalue weighted by Gasteiger charge is 2.32. The van der Waals surface area contributed by atoms with Crippen molar-refractivity contribution in [2.24, 2.45) is 0 Å². The van der Waals surface area contributed by atoms with Gasteiger partial charge in [0, 0.05) is 17.6 Å². The fraction of sp³-hybridized carbons (Fsp3) is 0.310. The van der Waals surface area contributed by atoms with Gasteiger partial charge in [-0.3, -0.25) is 13.9 Å². The van der Waals surface area contributed by atoms with E-state index in [1.54, 1.807) is 61.5 Å². The Bertz CT molecular complexity index is 1450. The number of nitrogens with one attached hydrogen (secondary N) is 1. The number of rotatable bonds is 12. The van der Waals surface area contributed by atoms with Crippen molar-refractivity contribution in [1.82, 2.24) is 10.2 Å². The molecule has 0 spiro atoms. The molecule has 0 unspecified atom stereocenters. The van der Waals surface area contributed by atoms with Gasteiger partial charge < -0.3 is 10.2 Å². The molecule has 11 heteroatoms. The Morgan fingerprint density at radius 1 is 1.00 bits per heavy atom. The standard InChI is InChI=1S/C29H32BrCl2N3O4S/c1-4-5-15-33-29(37)21(3)34(18-22-11-14-26(31)27(32)16-22)28(36)19-35(24-8-6-7-23(30)17-24)40(38,39)25-12-9-20(2)10-13-25/h6-14,16-17,21H,4-5,15,18-19H2,1-3H3,(H,33,37)/t21-/m1/s1. The Hall–Kier alpha value is -2.59. The zero-order valence-electron chi connectivity index (χ0n) is 22.5. The third kappa shape index (κ3) is 8.22.